The molecule has 0 radical (unpaired) electrons. The van der Waals surface area contributed by atoms with E-state index in [0.29, 0.717) is 4.99 Å². The van der Waals surface area contributed by atoms with E-state index in [1.165, 1.54) is 32.1 Å². The van der Waals surface area contributed by atoms with Crippen LogP contribution in [0.1, 0.15) is 50.2 Å². The molecule has 1 heterocycles. The van der Waals surface area contributed by atoms with Crippen LogP contribution in [-0.4, -0.2) is 16.5 Å². The summed E-state index contributed by atoms with van der Waals surface area (Å²) in [5, 5.41) is 3.42. The number of thiocarbonyl (C=S) groups is 1. The number of aryl methyl sites for hydroxylation is 1. The van der Waals surface area contributed by atoms with Crippen molar-refractivity contribution in [3.05, 3.63) is 23.4 Å². The minimum Gasteiger partial charge on any atom is -0.389 e. The van der Waals surface area contributed by atoms with Gasteiger partial charge in [-0.3, -0.25) is 0 Å². The van der Waals surface area contributed by atoms with Gasteiger partial charge in [0.15, 0.2) is 0 Å². The molecule has 0 aliphatic heterocycles. The fraction of sp³-hybridized carbons (Fsp3) is 0.625. The quantitative estimate of drug-likeness (QED) is 0.813. The zero-order valence-corrected chi connectivity index (χ0v) is 13.3. The molecule has 110 valence electrons. The standard InChI is InChI=1S/C16H25N3S/c1-11-4-3-5-13(10-11)7-9-19-16-14(15(17)20)12(2)6-8-18-16/h6,8,11,13H,3-5,7,9-10H2,1-2H3,(H2,17,20)(H,18,19). The van der Waals surface area contributed by atoms with E-state index in [1.54, 1.807) is 0 Å². The molecule has 1 aromatic heterocycles. The average Bonchev–Trinajstić information content (AvgIpc) is 2.38. The number of anilines is 1. The van der Waals surface area contributed by atoms with E-state index in [4.69, 9.17) is 18.0 Å². The van der Waals surface area contributed by atoms with Gasteiger partial charge >= 0.3 is 0 Å². The van der Waals surface area contributed by atoms with Crippen molar-refractivity contribution in [2.45, 2.75) is 46.0 Å². The van der Waals surface area contributed by atoms with Crippen LogP contribution in [0.2, 0.25) is 0 Å². The number of pyridine rings is 1. The first-order valence-electron chi connectivity index (χ1n) is 7.57. The summed E-state index contributed by atoms with van der Waals surface area (Å²) in [6.45, 7) is 5.33. The number of hydrogen-bond acceptors (Lipinski definition) is 3. The highest BCUT2D eigenvalue weighted by molar-refractivity contribution is 7.80. The molecule has 0 saturated heterocycles. The van der Waals surface area contributed by atoms with Gasteiger partial charge in [0.25, 0.3) is 0 Å². The van der Waals surface area contributed by atoms with E-state index in [9.17, 15) is 0 Å². The highest BCUT2D eigenvalue weighted by Gasteiger charge is 2.18. The Bertz CT molecular complexity index is 473. The summed E-state index contributed by atoms with van der Waals surface area (Å²) in [6.07, 6.45) is 8.53. The van der Waals surface area contributed by atoms with Gasteiger partial charge in [0.05, 0.1) is 5.56 Å². The maximum absolute atomic E-state index is 5.80. The van der Waals surface area contributed by atoms with E-state index in [2.05, 4.69) is 17.2 Å². The van der Waals surface area contributed by atoms with Crippen LogP contribution in [0.25, 0.3) is 0 Å². The van der Waals surface area contributed by atoms with Gasteiger partial charge in [-0.05, 0) is 43.2 Å². The predicted octanol–water partition coefficient (Wildman–Crippen LogP) is 3.65. The second-order valence-electron chi connectivity index (χ2n) is 6.07. The lowest BCUT2D eigenvalue weighted by molar-refractivity contribution is 0.274. The fourth-order valence-corrected chi connectivity index (χ4v) is 3.48. The van der Waals surface area contributed by atoms with Crippen LogP contribution in [-0.2, 0) is 0 Å². The minimum atomic E-state index is 0.421. The van der Waals surface area contributed by atoms with Gasteiger partial charge in [-0.15, -0.1) is 0 Å². The highest BCUT2D eigenvalue weighted by Crippen LogP contribution is 2.30. The Kier molecular flexibility index (Phi) is 5.35. The van der Waals surface area contributed by atoms with Crippen molar-refractivity contribution in [1.82, 2.24) is 4.98 Å². The average molecular weight is 291 g/mol. The summed E-state index contributed by atoms with van der Waals surface area (Å²) in [4.78, 5) is 4.80. The maximum atomic E-state index is 5.80. The highest BCUT2D eigenvalue weighted by atomic mass is 32.1. The number of rotatable bonds is 5. The van der Waals surface area contributed by atoms with Crippen molar-refractivity contribution < 1.29 is 0 Å². The summed E-state index contributed by atoms with van der Waals surface area (Å²) >= 11 is 5.13. The van der Waals surface area contributed by atoms with E-state index in [0.717, 1.165) is 35.3 Å². The molecular weight excluding hydrogens is 266 g/mol. The largest absolute Gasteiger partial charge is 0.389 e. The van der Waals surface area contributed by atoms with Crippen LogP contribution in [0.4, 0.5) is 5.82 Å². The van der Waals surface area contributed by atoms with E-state index in [1.807, 2.05) is 19.2 Å². The van der Waals surface area contributed by atoms with E-state index >= 15 is 0 Å². The summed E-state index contributed by atoms with van der Waals surface area (Å²) in [6, 6.07) is 1.95. The van der Waals surface area contributed by atoms with Crippen molar-refractivity contribution in [2.24, 2.45) is 17.6 Å². The lowest BCUT2D eigenvalue weighted by Crippen LogP contribution is -2.19. The van der Waals surface area contributed by atoms with Crippen molar-refractivity contribution >= 4 is 23.0 Å². The molecule has 3 N–H and O–H groups in total. The summed E-state index contributed by atoms with van der Waals surface area (Å²) in [5.41, 5.74) is 7.77. The number of hydrogen-bond donors (Lipinski definition) is 2. The third-order valence-electron chi connectivity index (χ3n) is 4.30. The van der Waals surface area contributed by atoms with Gasteiger partial charge in [-0.2, -0.15) is 0 Å². The van der Waals surface area contributed by atoms with Gasteiger partial charge in [0.2, 0.25) is 0 Å². The second kappa shape index (κ2) is 7.02. The molecule has 1 fully saturated rings. The Labute approximate surface area is 127 Å². The molecule has 1 aliphatic carbocycles. The Morgan fingerprint density at radius 1 is 1.50 bits per heavy atom. The van der Waals surface area contributed by atoms with Crippen LogP contribution in [0.3, 0.4) is 0 Å². The first-order chi connectivity index (χ1) is 9.58. The first kappa shape index (κ1) is 15.2. The first-order valence-corrected chi connectivity index (χ1v) is 7.98. The summed E-state index contributed by atoms with van der Waals surface area (Å²) < 4.78 is 0. The van der Waals surface area contributed by atoms with Crippen LogP contribution in [0.5, 0.6) is 0 Å². The molecular formula is C16H25N3S. The number of nitrogens with two attached hydrogens (primary N) is 1. The number of aromatic nitrogens is 1. The molecule has 1 aliphatic rings. The van der Waals surface area contributed by atoms with Gasteiger partial charge < -0.3 is 11.1 Å². The molecule has 2 rings (SSSR count). The Morgan fingerprint density at radius 3 is 3.00 bits per heavy atom. The van der Waals surface area contributed by atoms with Crippen LogP contribution in [0, 0.1) is 18.8 Å². The monoisotopic (exact) mass is 291 g/mol. The molecule has 1 saturated carbocycles. The molecule has 0 spiro atoms. The van der Waals surface area contributed by atoms with Crippen molar-refractivity contribution in [3.63, 3.8) is 0 Å². The topological polar surface area (TPSA) is 50.9 Å². The molecule has 1 aromatic rings. The fourth-order valence-electron chi connectivity index (χ4n) is 3.22. The number of nitrogens with zero attached hydrogens (tertiary/aromatic N) is 1. The molecule has 2 atom stereocenters. The molecule has 20 heavy (non-hydrogen) atoms. The van der Waals surface area contributed by atoms with E-state index in [-0.39, 0.29) is 0 Å². The van der Waals surface area contributed by atoms with Crippen molar-refractivity contribution in [1.29, 1.82) is 0 Å². The predicted molar refractivity (Wildman–Crippen MR) is 89.1 cm³/mol. The maximum Gasteiger partial charge on any atom is 0.136 e. The van der Waals surface area contributed by atoms with Gasteiger partial charge in [0.1, 0.15) is 10.8 Å². The van der Waals surface area contributed by atoms with Crippen LogP contribution in [0.15, 0.2) is 12.3 Å². The third-order valence-corrected chi connectivity index (χ3v) is 4.50. The van der Waals surface area contributed by atoms with E-state index < -0.39 is 0 Å². The zero-order chi connectivity index (χ0) is 14.5. The number of nitrogens with one attached hydrogen (secondary N) is 1. The zero-order valence-electron chi connectivity index (χ0n) is 12.5. The Balaban J connectivity index is 1.91. The van der Waals surface area contributed by atoms with Gasteiger partial charge in [0, 0.05) is 12.7 Å². The third kappa shape index (κ3) is 3.92. The van der Waals surface area contributed by atoms with Crippen LogP contribution < -0.4 is 11.1 Å². The van der Waals surface area contributed by atoms with Crippen LogP contribution >= 0.6 is 12.2 Å². The van der Waals surface area contributed by atoms with Crippen molar-refractivity contribution in [2.75, 3.05) is 11.9 Å². The molecule has 3 nitrogen and oxygen atoms in total. The van der Waals surface area contributed by atoms with Gasteiger partial charge in [-0.25, -0.2) is 4.98 Å². The van der Waals surface area contributed by atoms with Crippen molar-refractivity contribution in [3.8, 4) is 0 Å². The molecule has 4 heteroatoms. The molecule has 0 bridgehead atoms. The van der Waals surface area contributed by atoms with Gasteiger partial charge in [-0.1, -0.05) is 38.4 Å². The summed E-state index contributed by atoms with van der Waals surface area (Å²) in [5.74, 6) is 2.57. The Hall–Kier alpha value is -1.16. The molecule has 0 aromatic carbocycles. The lowest BCUT2D eigenvalue weighted by atomic mass is 9.81. The smallest absolute Gasteiger partial charge is 0.136 e. The SMILES string of the molecule is Cc1ccnc(NCCC2CCCC(C)C2)c1C(N)=S. The molecule has 0 amide bonds. The summed E-state index contributed by atoms with van der Waals surface area (Å²) in [7, 11) is 0. The molecule has 2 unspecified atom stereocenters. The minimum absolute atomic E-state index is 0.421. The Morgan fingerprint density at radius 2 is 2.30 bits per heavy atom. The normalized spacial score (nSPS) is 22.5. The lowest BCUT2D eigenvalue weighted by Gasteiger charge is -2.26. The second-order valence-corrected chi connectivity index (χ2v) is 6.51.